The Kier molecular flexibility index (Phi) is 5.02. The molecule has 4 rings (SSSR count). The van der Waals surface area contributed by atoms with Gasteiger partial charge in [0.05, 0.1) is 0 Å². The van der Waals surface area contributed by atoms with Gasteiger partial charge in [0.25, 0.3) is 0 Å². The molecule has 2 N–H and O–H groups in total. The maximum absolute atomic E-state index is 12.6. The molecule has 0 spiro atoms. The number of H-pyrrole nitrogens is 1. The van der Waals surface area contributed by atoms with Gasteiger partial charge in [-0.1, -0.05) is 0 Å². The summed E-state index contributed by atoms with van der Waals surface area (Å²) in [7, 11) is 0. The van der Waals surface area contributed by atoms with Crippen LogP contribution >= 0.6 is 0 Å². The number of hydrogen-bond acceptors (Lipinski definition) is 7. The van der Waals surface area contributed by atoms with Crippen LogP contribution < -0.4 is 10.2 Å². The summed E-state index contributed by atoms with van der Waals surface area (Å²) in [5.74, 6) is 1.67. The number of aromatic amines is 1. The number of nitrogens with one attached hydrogen (secondary N) is 2. The van der Waals surface area contributed by atoms with Crippen LogP contribution in [0.2, 0.25) is 0 Å². The monoisotopic (exact) mass is 371 g/mol. The van der Waals surface area contributed by atoms with Gasteiger partial charge in [0.2, 0.25) is 17.8 Å². The second-order valence-corrected chi connectivity index (χ2v) is 7.25. The van der Waals surface area contributed by atoms with E-state index in [0.29, 0.717) is 11.8 Å². The molecule has 4 heterocycles. The third kappa shape index (κ3) is 4.08. The van der Waals surface area contributed by atoms with Crippen molar-refractivity contribution in [3.8, 4) is 0 Å². The van der Waals surface area contributed by atoms with E-state index in [9.17, 15) is 4.79 Å². The molecule has 2 aliphatic heterocycles. The quantitative estimate of drug-likeness (QED) is 0.845. The van der Waals surface area contributed by atoms with Crippen molar-refractivity contribution in [3.63, 3.8) is 0 Å². The Labute approximate surface area is 157 Å². The molecule has 1 amide bonds. The molecule has 0 radical (unpaired) electrons. The summed E-state index contributed by atoms with van der Waals surface area (Å²) < 4.78 is 5.58. The normalized spacial score (nSPS) is 20.8. The average molecular weight is 371 g/mol. The van der Waals surface area contributed by atoms with Gasteiger partial charge in [-0.25, -0.2) is 9.97 Å². The fraction of sp³-hybridized carbons (Fsp3) is 0.611. The van der Waals surface area contributed by atoms with E-state index in [2.05, 4.69) is 35.4 Å². The first kappa shape index (κ1) is 17.8. The van der Waals surface area contributed by atoms with E-state index in [4.69, 9.17) is 4.74 Å². The lowest BCUT2D eigenvalue weighted by atomic mass is 9.96. The van der Waals surface area contributed by atoms with E-state index in [1.165, 1.54) is 0 Å². The van der Waals surface area contributed by atoms with Gasteiger partial charge in [0.15, 0.2) is 5.82 Å². The van der Waals surface area contributed by atoms with Crippen LogP contribution in [-0.4, -0.2) is 50.8 Å². The standard InChI is InChI=1S/C18H25N7O2/c1-11-10-12(2)20-18(19-11)25-7-5-13(6-8-25)16(26)22-17-21-15(23-24-17)14-4-3-9-27-14/h10,13-14H,3-9H2,1-2H3,(H2,21,22,23,24,26)/t14-/m0/s1. The van der Waals surface area contributed by atoms with Gasteiger partial charge >= 0.3 is 0 Å². The summed E-state index contributed by atoms with van der Waals surface area (Å²) in [6.45, 7) is 6.21. The van der Waals surface area contributed by atoms with Gasteiger partial charge in [-0.2, -0.15) is 4.98 Å². The molecule has 27 heavy (non-hydrogen) atoms. The van der Waals surface area contributed by atoms with E-state index in [1.807, 2.05) is 19.9 Å². The van der Waals surface area contributed by atoms with E-state index in [-0.39, 0.29) is 17.9 Å². The Morgan fingerprint density at radius 3 is 2.59 bits per heavy atom. The number of nitrogens with zero attached hydrogens (tertiary/aromatic N) is 5. The van der Waals surface area contributed by atoms with E-state index >= 15 is 0 Å². The molecule has 1 atom stereocenters. The molecule has 2 aromatic heterocycles. The lowest BCUT2D eigenvalue weighted by molar-refractivity contribution is -0.120. The van der Waals surface area contributed by atoms with Crippen LogP contribution in [0.5, 0.6) is 0 Å². The fourth-order valence-electron chi connectivity index (χ4n) is 3.67. The number of hydrogen-bond donors (Lipinski definition) is 2. The van der Waals surface area contributed by atoms with Crippen LogP contribution in [0.1, 0.15) is 49.0 Å². The minimum absolute atomic E-state index is 0.0334. The molecule has 0 bridgehead atoms. The SMILES string of the molecule is Cc1cc(C)nc(N2CCC(C(=O)Nc3n[nH]c([C@@H]4CCCO4)n3)CC2)n1. The molecule has 0 saturated carbocycles. The van der Waals surface area contributed by atoms with Crippen molar-refractivity contribution in [1.82, 2.24) is 25.1 Å². The third-order valence-electron chi connectivity index (χ3n) is 5.09. The van der Waals surface area contributed by atoms with Gasteiger partial charge < -0.3 is 9.64 Å². The molecular weight excluding hydrogens is 346 g/mol. The van der Waals surface area contributed by atoms with E-state index in [1.54, 1.807) is 0 Å². The van der Waals surface area contributed by atoms with Crippen molar-refractivity contribution in [2.45, 2.75) is 45.6 Å². The highest BCUT2D eigenvalue weighted by Gasteiger charge is 2.28. The van der Waals surface area contributed by atoms with Crippen molar-refractivity contribution in [3.05, 3.63) is 23.3 Å². The number of anilines is 2. The number of carbonyl (C=O) groups is 1. The molecule has 2 aliphatic rings. The van der Waals surface area contributed by atoms with Crippen molar-refractivity contribution in [1.29, 1.82) is 0 Å². The van der Waals surface area contributed by atoms with Gasteiger partial charge in [-0.15, -0.1) is 5.10 Å². The number of carbonyl (C=O) groups excluding carboxylic acids is 1. The maximum Gasteiger partial charge on any atom is 0.248 e. The highest BCUT2D eigenvalue weighted by atomic mass is 16.5. The molecule has 9 nitrogen and oxygen atoms in total. The maximum atomic E-state index is 12.6. The summed E-state index contributed by atoms with van der Waals surface area (Å²) >= 11 is 0. The van der Waals surface area contributed by atoms with Crippen LogP contribution in [0.4, 0.5) is 11.9 Å². The highest BCUT2D eigenvalue weighted by Crippen LogP contribution is 2.26. The Morgan fingerprint density at radius 2 is 1.93 bits per heavy atom. The van der Waals surface area contributed by atoms with Gasteiger partial charge in [0.1, 0.15) is 6.10 Å². The summed E-state index contributed by atoms with van der Waals surface area (Å²) in [6.07, 6.45) is 3.43. The van der Waals surface area contributed by atoms with Crippen LogP contribution in [0, 0.1) is 19.8 Å². The average Bonchev–Trinajstić information content (AvgIpc) is 3.32. The minimum atomic E-state index is -0.0585. The second-order valence-electron chi connectivity index (χ2n) is 7.25. The van der Waals surface area contributed by atoms with Crippen LogP contribution in [-0.2, 0) is 9.53 Å². The Bertz CT molecular complexity index is 788. The Balaban J connectivity index is 1.32. The summed E-state index contributed by atoms with van der Waals surface area (Å²) in [5.41, 5.74) is 1.92. The molecular formula is C18H25N7O2. The second kappa shape index (κ2) is 7.59. The van der Waals surface area contributed by atoms with Gasteiger partial charge in [0, 0.05) is 37.0 Å². The van der Waals surface area contributed by atoms with E-state index < -0.39 is 0 Å². The number of ether oxygens (including phenoxy) is 1. The zero-order chi connectivity index (χ0) is 18.8. The lowest BCUT2D eigenvalue weighted by Crippen LogP contribution is -2.39. The predicted molar refractivity (Wildman–Crippen MR) is 99.4 cm³/mol. The summed E-state index contributed by atoms with van der Waals surface area (Å²) in [4.78, 5) is 28.1. The molecule has 9 heteroatoms. The van der Waals surface area contributed by atoms with Crippen molar-refractivity contribution in [2.24, 2.45) is 5.92 Å². The summed E-state index contributed by atoms with van der Waals surface area (Å²) in [5, 5.41) is 9.80. The number of piperidine rings is 1. The predicted octanol–water partition coefficient (Wildman–Crippen LogP) is 1.92. The van der Waals surface area contributed by atoms with Crippen LogP contribution in [0.25, 0.3) is 0 Å². The molecule has 0 aromatic carbocycles. The fourth-order valence-corrected chi connectivity index (χ4v) is 3.67. The number of aromatic nitrogens is 5. The van der Waals surface area contributed by atoms with Crippen molar-refractivity contribution in [2.75, 3.05) is 29.9 Å². The highest BCUT2D eigenvalue weighted by molar-refractivity contribution is 5.91. The lowest BCUT2D eigenvalue weighted by Gasteiger charge is -2.31. The first-order valence-corrected chi connectivity index (χ1v) is 9.50. The molecule has 0 unspecified atom stereocenters. The van der Waals surface area contributed by atoms with Crippen molar-refractivity contribution >= 4 is 17.8 Å². The topological polar surface area (TPSA) is 109 Å². The number of rotatable bonds is 4. The Hall–Kier alpha value is -2.55. The van der Waals surface area contributed by atoms with Crippen molar-refractivity contribution < 1.29 is 9.53 Å². The molecule has 0 aliphatic carbocycles. The first-order valence-electron chi connectivity index (χ1n) is 9.50. The smallest absolute Gasteiger partial charge is 0.248 e. The van der Waals surface area contributed by atoms with Gasteiger partial charge in [-0.3, -0.25) is 15.2 Å². The zero-order valence-electron chi connectivity index (χ0n) is 15.7. The number of aryl methyl sites for hydroxylation is 2. The Morgan fingerprint density at radius 1 is 1.19 bits per heavy atom. The minimum Gasteiger partial charge on any atom is -0.370 e. The molecule has 144 valence electrons. The third-order valence-corrected chi connectivity index (χ3v) is 5.09. The van der Waals surface area contributed by atoms with Gasteiger partial charge in [-0.05, 0) is 45.6 Å². The molecule has 2 aromatic rings. The van der Waals surface area contributed by atoms with Crippen LogP contribution in [0.15, 0.2) is 6.07 Å². The van der Waals surface area contributed by atoms with E-state index in [0.717, 1.165) is 62.7 Å². The molecule has 2 saturated heterocycles. The largest absolute Gasteiger partial charge is 0.370 e. The first-order chi connectivity index (χ1) is 13.1. The molecule has 2 fully saturated rings. The number of amides is 1. The summed E-state index contributed by atoms with van der Waals surface area (Å²) in [6, 6.07) is 1.96. The zero-order valence-corrected chi connectivity index (χ0v) is 15.7. The van der Waals surface area contributed by atoms with Crippen LogP contribution in [0.3, 0.4) is 0 Å².